The van der Waals surface area contributed by atoms with E-state index in [4.69, 9.17) is 10.5 Å². The van der Waals surface area contributed by atoms with Crippen LogP contribution >= 0.6 is 11.3 Å². The summed E-state index contributed by atoms with van der Waals surface area (Å²) >= 11 is 1.38. The first-order valence-corrected chi connectivity index (χ1v) is 4.06. The summed E-state index contributed by atoms with van der Waals surface area (Å²) in [6.07, 6.45) is 0. The van der Waals surface area contributed by atoms with Gasteiger partial charge in [-0.3, -0.25) is 4.79 Å². The molecule has 0 aliphatic carbocycles. The SMILES string of the molecule is CC(=O)Oc1cc(CN)cs1. The number of thiophene rings is 1. The van der Waals surface area contributed by atoms with Crippen LogP contribution in [-0.2, 0) is 11.3 Å². The molecule has 1 heterocycles. The van der Waals surface area contributed by atoms with Crippen LogP contribution in [0, 0.1) is 0 Å². The molecule has 0 aromatic carbocycles. The van der Waals surface area contributed by atoms with Crippen molar-refractivity contribution >= 4 is 17.3 Å². The van der Waals surface area contributed by atoms with Crippen molar-refractivity contribution < 1.29 is 9.53 Å². The first-order valence-electron chi connectivity index (χ1n) is 3.18. The van der Waals surface area contributed by atoms with Crippen LogP contribution in [0.5, 0.6) is 5.06 Å². The van der Waals surface area contributed by atoms with Gasteiger partial charge in [-0.2, -0.15) is 0 Å². The van der Waals surface area contributed by atoms with Gasteiger partial charge in [0, 0.05) is 13.5 Å². The monoisotopic (exact) mass is 171 g/mol. The maximum atomic E-state index is 10.5. The lowest BCUT2D eigenvalue weighted by molar-refractivity contribution is -0.131. The molecule has 11 heavy (non-hydrogen) atoms. The molecule has 4 heteroatoms. The summed E-state index contributed by atoms with van der Waals surface area (Å²) < 4.78 is 4.82. The molecule has 2 N–H and O–H groups in total. The van der Waals surface area contributed by atoms with Gasteiger partial charge in [0.25, 0.3) is 0 Å². The molecule has 0 aliphatic rings. The molecule has 0 radical (unpaired) electrons. The predicted molar refractivity (Wildman–Crippen MR) is 43.5 cm³/mol. The number of ether oxygens (including phenoxy) is 1. The van der Waals surface area contributed by atoms with Crippen molar-refractivity contribution in [2.24, 2.45) is 5.73 Å². The van der Waals surface area contributed by atoms with E-state index in [0.29, 0.717) is 11.6 Å². The largest absolute Gasteiger partial charge is 0.416 e. The van der Waals surface area contributed by atoms with Crippen molar-refractivity contribution in [1.82, 2.24) is 0 Å². The molecular weight excluding hydrogens is 162 g/mol. The quantitative estimate of drug-likeness (QED) is 0.679. The lowest BCUT2D eigenvalue weighted by Gasteiger charge is -1.92. The van der Waals surface area contributed by atoms with E-state index in [9.17, 15) is 4.79 Å². The Hall–Kier alpha value is -0.870. The minimum absolute atomic E-state index is 0.296. The third-order valence-electron chi connectivity index (χ3n) is 1.11. The van der Waals surface area contributed by atoms with Crippen molar-refractivity contribution in [2.45, 2.75) is 13.5 Å². The fraction of sp³-hybridized carbons (Fsp3) is 0.286. The normalized spacial score (nSPS) is 9.64. The average Bonchev–Trinajstić information content (AvgIpc) is 2.34. The molecule has 0 fully saturated rings. The summed E-state index contributed by atoms with van der Waals surface area (Å²) in [6, 6.07) is 1.77. The zero-order chi connectivity index (χ0) is 8.27. The van der Waals surface area contributed by atoms with Crippen molar-refractivity contribution in [3.05, 3.63) is 17.0 Å². The molecule has 0 saturated heterocycles. The molecule has 1 rings (SSSR count). The number of carbonyl (C=O) groups is 1. The highest BCUT2D eigenvalue weighted by Gasteiger charge is 2.00. The predicted octanol–water partition coefficient (Wildman–Crippen LogP) is 1.13. The zero-order valence-corrected chi connectivity index (χ0v) is 6.98. The second-order valence-electron chi connectivity index (χ2n) is 2.07. The van der Waals surface area contributed by atoms with Crippen LogP contribution in [0.2, 0.25) is 0 Å². The van der Waals surface area contributed by atoms with E-state index in [-0.39, 0.29) is 5.97 Å². The highest BCUT2D eigenvalue weighted by Crippen LogP contribution is 2.22. The third-order valence-corrected chi connectivity index (χ3v) is 1.96. The molecule has 0 aliphatic heterocycles. The number of rotatable bonds is 2. The Kier molecular flexibility index (Phi) is 2.62. The molecule has 0 atom stereocenters. The fourth-order valence-electron chi connectivity index (χ4n) is 0.655. The Morgan fingerprint density at radius 1 is 1.82 bits per heavy atom. The zero-order valence-electron chi connectivity index (χ0n) is 6.16. The Bertz CT molecular complexity index is 257. The Balaban J connectivity index is 2.65. The number of hydrogen-bond acceptors (Lipinski definition) is 4. The molecule has 1 aromatic heterocycles. The van der Waals surface area contributed by atoms with Crippen molar-refractivity contribution in [2.75, 3.05) is 0 Å². The molecule has 3 nitrogen and oxygen atoms in total. The highest BCUT2D eigenvalue weighted by molar-refractivity contribution is 7.12. The molecule has 0 bridgehead atoms. The molecule has 0 spiro atoms. The molecule has 0 saturated carbocycles. The Morgan fingerprint density at radius 2 is 2.55 bits per heavy atom. The van der Waals surface area contributed by atoms with Crippen LogP contribution in [0.25, 0.3) is 0 Å². The van der Waals surface area contributed by atoms with Crippen LogP contribution in [-0.4, -0.2) is 5.97 Å². The maximum Gasteiger partial charge on any atom is 0.308 e. The van der Waals surface area contributed by atoms with Gasteiger partial charge in [0.2, 0.25) is 0 Å². The Morgan fingerprint density at radius 3 is 3.00 bits per heavy atom. The van der Waals surface area contributed by atoms with Gasteiger partial charge in [0.05, 0.1) is 0 Å². The van der Waals surface area contributed by atoms with E-state index in [1.807, 2.05) is 5.38 Å². The van der Waals surface area contributed by atoms with E-state index in [1.165, 1.54) is 18.3 Å². The van der Waals surface area contributed by atoms with Gasteiger partial charge in [0.15, 0.2) is 5.06 Å². The summed E-state index contributed by atoms with van der Waals surface area (Å²) in [4.78, 5) is 10.5. The lowest BCUT2D eigenvalue weighted by atomic mass is 10.3. The van der Waals surface area contributed by atoms with Crippen LogP contribution in [0.15, 0.2) is 11.4 Å². The van der Waals surface area contributed by atoms with Crippen LogP contribution in [0.1, 0.15) is 12.5 Å². The van der Waals surface area contributed by atoms with Gasteiger partial charge >= 0.3 is 5.97 Å². The van der Waals surface area contributed by atoms with Crippen molar-refractivity contribution in [3.8, 4) is 5.06 Å². The summed E-state index contributed by atoms with van der Waals surface area (Å²) in [5.41, 5.74) is 6.35. The minimum Gasteiger partial charge on any atom is -0.416 e. The molecular formula is C7H9NO2S. The minimum atomic E-state index is -0.296. The van der Waals surface area contributed by atoms with Gasteiger partial charge < -0.3 is 10.5 Å². The Labute approximate surface area is 68.8 Å². The second kappa shape index (κ2) is 3.50. The third kappa shape index (κ3) is 2.32. The topological polar surface area (TPSA) is 52.3 Å². The van der Waals surface area contributed by atoms with Crippen LogP contribution < -0.4 is 10.5 Å². The first kappa shape index (κ1) is 8.23. The van der Waals surface area contributed by atoms with E-state index in [2.05, 4.69) is 0 Å². The van der Waals surface area contributed by atoms with Crippen LogP contribution in [0.3, 0.4) is 0 Å². The summed E-state index contributed by atoms with van der Waals surface area (Å²) in [7, 11) is 0. The van der Waals surface area contributed by atoms with Gasteiger partial charge in [0.1, 0.15) is 0 Å². The number of nitrogens with two attached hydrogens (primary N) is 1. The van der Waals surface area contributed by atoms with Gasteiger partial charge in [-0.25, -0.2) is 0 Å². The maximum absolute atomic E-state index is 10.5. The van der Waals surface area contributed by atoms with Crippen molar-refractivity contribution in [1.29, 1.82) is 0 Å². The van der Waals surface area contributed by atoms with E-state index < -0.39 is 0 Å². The summed E-state index contributed by atoms with van der Waals surface area (Å²) in [5.74, 6) is -0.296. The lowest BCUT2D eigenvalue weighted by Crippen LogP contribution is -1.99. The van der Waals surface area contributed by atoms with E-state index in [0.717, 1.165) is 5.56 Å². The van der Waals surface area contributed by atoms with Gasteiger partial charge in [-0.1, -0.05) is 0 Å². The first-order chi connectivity index (χ1) is 5.22. The molecule has 0 unspecified atom stereocenters. The molecule has 1 aromatic rings. The number of esters is 1. The summed E-state index contributed by atoms with van der Waals surface area (Å²) in [5, 5.41) is 2.48. The summed E-state index contributed by atoms with van der Waals surface area (Å²) in [6.45, 7) is 1.86. The average molecular weight is 171 g/mol. The number of hydrogen-bond donors (Lipinski definition) is 1. The van der Waals surface area contributed by atoms with E-state index in [1.54, 1.807) is 6.07 Å². The molecule has 60 valence electrons. The second-order valence-corrected chi connectivity index (χ2v) is 2.95. The fourth-order valence-corrected chi connectivity index (χ4v) is 1.47. The molecule has 0 amide bonds. The van der Waals surface area contributed by atoms with Gasteiger partial charge in [-0.15, -0.1) is 11.3 Å². The highest BCUT2D eigenvalue weighted by atomic mass is 32.1. The van der Waals surface area contributed by atoms with E-state index >= 15 is 0 Å². The van der Waals surface area contributed by atoms with Crippen LogP contribution in [0.4, 0.5) is 0 Å². The van der Waals surface area contributed by atoms with Crippen molar-refractivity contribution in [3.63, 3.8) is 0 Å². The number of carbonyl (C=O) groups excluding carboxylic acids is 1. The van der Waals surface area contributed by atoms with Gasteiger partial charge in [-0.05, 0) is 17.0 Å². The standard InChI is InChI=1S/C7H9NO2S/c1-5(9)10-7-2-6(3-8)4-11-7/h2,4H,3,8H2,1H3. The smallest absolute Gasteiger partial charge is 0.308 e.